The molecule has 0 atom stereocenters. The molecule has 0 spiro atoms. The molecular weight excluding hydrogens is 377 g/mol. The van der Waals surface area contributed by atoms with E-state index in [1.807, 2.05) is 37.3 Å². The van der Waals surface area contributed by atoms with Gasteiger partial charge < -0.3 is 5.43 Å². The van der Waals surface area contributed by atoms with Gasteiger partial charge in [-0.25, -0.2) is 14.1 Å². The Labute approximate surface area is 166 Å². The summed E-state index contributed by atoms with van der Waals surface area (Å²) in [5.41, 5.74) is 5.48. The molecule has 0 aliphatic rings. The van der Waals surface area contributed by atoms with Gasteiger partial charge in [0.1, 0.15) is 5.82 Å². The second-order valence-electron chi connectivity index (χ2n) is 6.50. The maximum Gasteiger partial charge on any atom is 0.280 e. The lowest BCUT2D eigenvalue weighted by Gasteiger charge is -2.16. The van der Waals surface area contributed by atoms with Gasteiger partial charge in [0.25, 0.3) is 5.56 Å². The smallest absolute Gasteiger partial charge is 0.280 e. The van der Waals surface area contributed by atoms with E-state index < -0.39 is 5.82 Å². The molecule has 140 valence electrons. The first-order chi connectivity index (χ1) is 13.5. The first kappa shape index (κ1) is 18.2. The predicted molar refractivity (Wildman–Crippen MR) is 111 cm³/mol. The normalized spacial score (nSPS) is 11.0. The Morgan fingerprint density at radius 2 is 1.86 bits per heavy atom. The molecule has 0 fully saturated rings. The third kappa shape index (κ3) is 3.37. The summed E-state index contributed by atoms with van der Waals surface area (Å²) in [7, 11) is 0. The fourth-order valence-electron chi connectivity index (χ4n) is 3.12. The van der Waals surface area contributed by atoms with Crippen molar-refractivity contribution in [2.75, 3.05) is 5.43 Å². The minimum atomic E-state index is -0.432. The summed E-state index contributed by atoms with van der Waals surface area (Å²) in [5.74, 6) is 0.0266. The molecule has 4 rings (SSSR count). The number of nitrogens with zero attached hydrogens (tertiary/aromatic N) is 2. The largest absolute Gasteiger partial charge is 0.317 e. The topological polar surface area (TPSA) is 46.9 Å². The van der Waals surface area contributed by atoms with Gasteiger partial charge in [0, 0.05) is 16.1 Å². The van der Waals surface area contributed by atoms with Crippen LogP contribution in [-0.4, -0.2) is 9.66 Å². The average Bonchev–Trinajstić information content (AvgIpc) is 2.69. The molecule has 0 bridgehead atoms. The van der Waals surface area contributed by atoms with Crippen LogP contribution in [0.1, 0.15) is 11.1 Å². The summed E-state index contributed by atoms with van der Waals surface area (Å²) in [6, 6.07) is 19.4. The molecule has 0 saturated heterocycles. The number of hydrogen-bond acceptors (Lipinski definition) is 3. The van der Waals surface area contributed by atoms with Crippen molar-refractivity contribution < 1.29 is 4.39 Å². The zero-order chi connectivity index (χ0) is 19.7. The molecule has 0 aliphatic heterocycles. The van der Waals surface area contributed by atoms with Crippen LogP contribution in [0.25, 0.3) is 22.3 Å². The Balaban J connectivity index is 1.87. The van der Waals surface area contributed by atoms with Crippen LogP contribution in [-0.2, 0) is 6.54 Å². The van der Waals surface area contributed by atoms with Gasteiger partial charge >= 0.3 is 0 Å². The molecule has 1 heterocycles. The van der Waals surface area contributed by atoms with E-state index in [4.69, 9.17) is 11.6 Å². The number of para-hydroxylation sites is 1. The Kier molecular flexibility index (Phi) is 4.84. The number of aryl methyl sites for hydroxylation is 1. The van der Waals surface area contributed by atoms with Crippen LogP contribution in [0.2, 0.25) is 5.02 Å². The Morgan fingerprint density at radius 3 is 2.64 bits per heavy atom. The van der Waals surface area contributed by atoms with Crippen LogP contribution < -0.4 is 11.0 Å². The minimum absolute atomic E-state index is 0.0459. The van der Waals surface area contributed by atoms with Crippen LogP contribution in [0.4, 0.5) is 4.39 Å². The van der Waals surface area contributed by atoms with Gasteiger partial charge in [-0.2, -0.15) is 0 Å². The number of fused-ring (bicyclic) bond motifs is 1. The number of halogens is 2. The van der Waals surface area contributed by atoms with E-state index in [-0.39, 0.29) is 12.1 Å². The molecule has 3 aromatic carbocycles. The Hall–Kier alpha value is -3.18. The van der Waals surface area contributed by atoms with Gasteiger partial charge in [0.2, 0.25) is 0 Å². The first-order valence-electron chi connectivity index (χ1n) is 8.80. The fourth-order valence-corrected chi connectivity index (χ4v) is 3.35. The zero-order valence-corrected chi connectivity index (χ0v) is 15.9. The SMILES string of the molecule is Cc1cccc(-c2nc3ccccc3c(=O)n2NCc2c(F)cccc2Cl)c1. The van der Waals surface area contributed by atoms with Crippen molar-refractivity contribution in [3.05, 3.63) is 99.1 Å². The van der Waals surface area contributed by atoms with E-state index in [0.717, 1.165) is 11.1 Å². The van der Waals surface area contributed by atoms with Gasteiger partial charge in [0.05, 0.1) is 17.4 Å². The maximum atomic E-state index is 14.2. The molecule has 0 amide bonds. The summed E-state index contributed by atoms with van der Waals surface area (Å²) in [5, 5.41) is 0.775. The molecule has 28 heavy (non-hydrogen) atoms. The predicted octanol–water partition coefficient (Wildman–Crippen LogP) is 4.91. The van der Waals surface area contributed by atoms with Crippen LogP contribution in [0.5, 0.6) is 0 Å². The first-order valence-corrected chi connectivity index (χ1v) is 9.18. The summed E-state index contributed by atoms with van der Waals surface area (Å²) in [6.07, 6.45) is 0. The van der Waals surface area contributed by atoms with Gasteiger partial charge in [0.15, 0.2) is 5.82 Å². The highest BCUT2D eigenvalue weighted by atomic mass is 35.5. The van der Waals surface area contributed by atoms with E-state index in [9.17, 15) is 9.18 Å². The number of aromatic nitrogens is 2. The van der Waals surface area contributed by atoms with Gasteiger partial charge in [-0.05, 0) is 37.3 Å². The van der Waals surface area contributed by atoms with Crippen LogP contribution in [0.3, 0.4) is 0 Å². The molecule has 0 aliphatic carbocycles. The van der Waals surface area contributed by atoms with E-state index in [2.05, 4.69) is 10.4 Å². The van der Waals surface area contributed by atoms with Crippen molar-refractivity contribution in [3.8, 4) is 11.4 Å². The van der Waals surface area contributed by atoms with Crippen molar-refractivity contribution in [1.29, 1.82) is 0 Å². The van der Waals surface area contributed by atoms with Crippen molar-refractivity contribution in [2.24, 2.45) is 0 Å². The van der Waals surface area contributed by atoms with Crippen LogP contribution in [0.15, 0.2) is 71.5 Å². The highest BCUT2D eigenvalue weighted by Crippen LogP contribution is 2.21. The lowest BCUT2D eigenvalue weighted by Crippen LogP contribution is -2.31. The van der Waals surface area contributed by atoms with Crippen molar-refractivity contribution in [3.63, 3.8) is 0 Å². The number of hydrogen-bond donors (Lipinski definition) is 1. The average molecular weight is 394 g/mol. The van der Waals surface area contributed by atoms with E-state index in [1.54, 1.807) is 30.3 Å². The number of nitrogens with one attached hydrogen (secondary N) is 1. The monoisotopic (exact) mass is 393 g/mol. The van der Waals surface area contributed by atoms with Crippen molar-refractivity contribution in [2.45, 2.75) is 13.5 Å². The van der Waals surface area contributed by atoms with Crippen LogP contribution in [0, 0.1) is 12.7 Å². The summed E-state index contributed by atoms with van der Waals surface area (Å²) < 4.78 is 15.5. The van der Waals surface area contributed by atoms with Crippen LogP contribution >= 0.6 is 11.6 Å². The van der Waals surface area contributed by atoms with E-state index >= 15 is 0 Å². The summed E-state index contributed by atoms with van der Waals surface area (Å²) in [4.78, 5) is 17.8. The maximum absolute atomic E-state index is 14.2. The summed E-state index contributed by atoms with van der Waals surface area (Å²) >= 11 is 6.13. The van der Waals surface area contributed by atoms with Gasteiger partial charge in [-0.15, -0.1) is 0 Å². The molecule has 1 aromatic heterocycles. The van der Waals surface area contributed by atoms with E-state index in [0.29, 0.717) is 27.3 Å². The Morgan fingerprint density at radius 1 is 1.07 bits per heavy atom. The highest BCUT2D eigenvalue weighted by molar-refractivity contribution is 6.31. The molecule has 0 unspecified atom stereocenters. The van der Waals surface area contributed by atoms with Gasteiger partial charge in [-0.3, -0.25) is 4.79 Å². The lowest BCUT2D eigenvalue weighted by molar-refractivity contribution is 0.608. The molecule has 4 nitrogen and oxygen atoms in total. The third-order valence-corrected chi connectivity index (χ3v) is 4.88. The quantitative estimate of drug-likeness (QED) is 0.536. The summed E-state index contributed by atoms with van der Waals surface area (Å²) in [6.45, 7) is 2.02. The molecule has 0 saturated carbocycles. The van der Waals surface area contributed by atoms with Crippen molar-refractivity contribution >= 4 is 22.5 Å². The molecule has 0 radical (unpaired) electrons. The third-order valence-electron chi connectivity index (χ3n) is 4.53. The highest BCUT2D eigenvalue weighted by Gasteiger charge is 2.14. The second-order valence-corrected chi connectivity index (χ2v) is 6.90. The standard InChI is InChI=1S/C22H17ClFN3O/c1-14-6-4-7-15(12-14)21-26-20-11-3-2-8-16(20)22(28)27(21)25-13-17-18(23)9-5-10-19(17)24/h2-12,25H,13H2,1H3. The molecule has 1 N–H and O–H groups in total. The Bertz CT molecular complexity index is 1220. The molecule has 4 aromatic rings. The number of benzene rings is 3. The van der Waals surface area contributed by atoms with Crippen molar-refractivity contribution in [1.82, 2.24) is 9.66 Å². The lowest BCUT2D eigenvalue weighted by atomic mass is 10.1. The minimum Gasteiger partial charge on any atom is -0.317 e. The van der Waals surface area contributed by atoms with Gasteiger partial charge in [-0.1, -0.05) is 53.6 Å². The molecular formula is C22H17ClFN3O. The van der Waals surface area contributed by atoms with E-state index in [1.165, 1.54) is 10.7 Å². The number of rotatable bonds is 4. The second kappa shape index (κ2) is 7.44. The fraction of sp³-hybridized carbons (Fsp3) is 0.0909. The molecule has 6 heteroatoms. The zero-order valence-electron chi connectivity index (χ0n) is 15.1.